The number of halogens is 1. The largest absolute Gasteiger partial charge is 0.396 e. The van der Waals surface area contributed by atoms with Crippen molar-refractivity contribution in [1.82, 2.24) is 14.1 Å². The molecule has 108 valence electrons. The minimum Gasteiger partial charge on any atom is -0.396 e. The van der Waals surface area contributed by atoms with Gasteiger partial charge in [-0.15, -0.1) is 0 Å². The maximum absolute atomic E-state index is 12.6. The number of hydrogen-bond donors (Lipinski definition) is 1. The molecular weight excluding hydrogens is 290 g/mol. The Morgan fingerprint density at radius 3 is 2.89 bits per heavy atom. The highest BCUT2D eigenvalue weighted by Gasteiger charge is 2.33. The summed E-state index contributed by atoms with van der Waals surface area (Å²) in [5.74, 6) is 0.209. The van der Waals surface area contributed by atoms with Crippen LogP contribution in [0.15, 0.2) is 11.2 Å². The SMILES string of the molecule is Cn1ncc(Cl)c1S(=O)(=O)N1CCCC(CCO)C1. The first kappa shape index (κ1) is 14.8. The Morgan fingerprint density at radius 2 is 2.32 bits per heavy atom. The number of sulfonamides is 1. The number of aromatic nitrogens is 2. The van der Waals surface area contributed by atoms with Crippen LogP contribution in [0.4, 0.5) is 0 Å². The molecule has 0 saturated carbocycles. The van der Waals surface area contributed by atoms with E-state index in [0.29, 0.717) is 19.5 Å². The molecule has 0 spiro atoms. The van der Waals surface area contributed by atoms with Crippen molar-refractivity contribution in [2.45, 2.75) is 24.3 Å². The number of aliphatic hydroxyl groups excluding tert-OH is 1. The van der Waals surface area contributed by atoms with Crippen LogP contribution in [0.5, 0.6) is 0 Å². The van der Waals surface area contributed by atoms with Crippen LogP contribution < -0.4 is 0 Å². The van der Waals surface area contributed by atoms with E-state index in [1.54, 1.807) is 7.05 Å². The van der Waals surface area contributed by atoms with Crippen molar-refractivity contribution in [3.63, 3.8) is 0 Å². The van der Waals surface area contributed by atoms with E-state index in [2.05, 4.69) is 5.10 Å². The highest BCUT2D eigenvalue weighted by atomic mass is 35.5. The average Bonchev–Trinajstić information content (AvgIpc) is 2.70. The van der Waals surface area contributed by atoms with Crippen LogP contribution in [0.25, 0.3) is 0 Å². The molecule has 1 unspecified atom stereocenters. The second-order valence-electron chi connectivity index (χ2n) is 4.80. The van der Waals surface area contributed by atoms with Crippen molar-refractivity contribution in [2.24, 2.45) is 13.0 Å². The summed E-state index contributed by atoms with van der Waals surface area (Å²) in [5, 5.41) is 13.0. The lowest BCUT2D eigenvalue weighted by atomic mass is 9.97. The van der Waals surface area contributed by atoms with E-state index < -0.39 is 10.0 Å². The number of aryl methyl sites for hydroxylation is 1. The molecule has 0 radical (unpaired) electrons. The summed E-state index contributed by atoms with van der Waals surface area (Å²) in [6, 6.07) is 0. The van der Waals surface area contributed by atoms with E-state index in [0.717, 1.165) is 12.8 Å². The van der Waals surface area contributed by atoms with Crippen LogP contribution in [0.1, 0.15) is 19.3 Å². The van der Waals surface area contributed by atoms with E-state index in [1.165, 1.54) is 15.2 Å². The molecule has 0 amide bonds. The van der Waals surface area contributed by atoms with Gasteiger partial charge in [0.05, 0.1) is 11.2 Å². The second-order valence-corrected chi connectivity index (χ2v) is 7.07. The van der Waals surface area contributed by atoms with Gasteiger partial charge in [0, 0.05) is 26.7 Å². The van der Waals surface area contributed by atoms with Gasteiger partial charge in [0.2, 0.25) is 0 Å². The molecule has 1 fully saturated rings. The van der Waals surface area contributed by atoms with E-state index in [4.69, 9.17) is 16.7 Å². The predicted octanol–water partition coefficient (Wildman–Crippen LogP) is 0.857. The lowest BCUT2D eigenvalue weighted by Gasteiger charge is -2.31. The molecule has 1 aromatic heterocycles. The normalized spacial score (nSPS) is 21.7. The van der Waals surface area contributed by atoms with E-state index in [-0.39, 0.29) is 22.6 Å². The summed E-state index contributed by atoms with van der Waals surface area (Å²) in [6.07, 6.45) is 3.72. The third kappa shape index (κ3) is 2.94. The van der Waals surface area contributed by atoms with Crippen LogP contribution in [-0.2, 0) is 17.1 Å². The quantitative estimate of drug-likeness (QED) is 0.895. The van der Waals surface area contributed by atoms with Crippen molar-refractivity contribution < 1.29 is 13.5 Å². The van der Waals surface area contributed by atoms with Gasteiger partial charge in [-0.05, 0) is 25.2 Å². The van der Waals surface area contributed by atoms with Gasteiger partial charge in [-0.25, -0.2) is 8.42 Å². The van der Waals surface area contributed by atoms with E-state index in [9.17, 15) is 8.42 Å². The first-order valence-corrected chi connectivity index (χ1v) is 8.07. The summed E-state index contributed by atoms with van der Waals surface area (Å²) in [5.41, 5.74) is 0. The molecular formula is C11H18ClN3O3S. The lowest BCUT2D eigenvalue weighted by molar-refractivity contribution is 0.202. The molecule has 2 rings (SSSR count). The Morgan fingerprint density at radius 1 is 1.58 bits per heavy atom. The molecule has 8 heteroatoms. The Labute approximate surface area is 118 Å². The van der Waals surface area contributed by atoms with Crippen LogP contribution in [0.3, 0.4) is 0 Å². The molecule has 1 N–H and O–H groups in total. The van der Waals surface area contributed by atoms with Crippen LogP contribution >= 0.6 is 11.6 Å². The molecule has 0 bridgehead atoms. The fourth-order valence-electron chi connectivity index (χ4n) is 2.48. The summed E-state index contributed by atoms with van der Waals surface area (Å²) < 4.78 is 27.8. The van der Waals surface area contributed by atoms with Crippen molar-refractivity contribution in [3.05, 3.63) is 11.2 Å². The van der Waals surface area contributed by atoms with Gasteiger partial charge in [-0.3, -0.25) is 4.68 Å². The smallest absolute Gasteiger partial charge is 0.261 e. The van der Waals surface area contributed by atoms with Crippen molar-refractivity contribution in [2.75, 3.05) is 19.7 Å². The number of nitrogens with zero attached hydrogens (tertiary/aromatic N) is 3. The van der Waals surface area contributed by atoms with Crippen LogP contribution in [-0.4, -0.2) is 47.3 Å². The molecule has 1 atom stereocenters. The topological polar surface area (TPSA) is 75.4 Å². The summed E-state index contributed by atoms with van der Waals surface area (Å²) in [7, 11) is -2.05. The Kier molecular flexibility index (Phi) is 4.50. The van der Waals surface area contributed by atoms with Crippen molar-refractivity contribution >= 4 is 21.6 Å². The van der Waals surface area contributed by atoms with Crippen molar-refractivity contribution in [3.8, 4) is 0 Å². The number of aliphatic hydroxyl groups is 1. The molecule has 6 nitrogen and oxygen atoms in total. The molecule has 1 aliphatic rings. The average molecular weight is 308 g/mol. The summed E-state index contributed by atoms with van der Waals surface area (Å²) in [6.45, 7) is 1.02. The fraction of sp³-hybridized carbons (Fsp3) is 0.727. The first-order valence-electron chi connectivity index (χ1n) is 6.25. The molecule has 1 aromatic rings. The maximum atomic E-state index is 12.6. The molecule has 0 aromatic carbocycles. The minimum absolute atomic E-state index is 0.0406. The number of hydrogen-bond acceptors (Lipinski definition) is 4. The summed E-state index contributed by atoms with van der Waals surface area (Å²) in [4.78, 5) is 0. The molecule has 1 saturated heterocycles. The first-order chi connectivity index (χ1) is 8.96. The highest BCUT2D eigenvalue weighted by Crippen LogP contribution is 2.28. The second kappa shape index (κ2) is 5.78. The molecule has 0 aliphatic carbocycles. The maximum Gasteiger partial charge on any atom is 0.261 e. The van der Waals surface area contributed by atoms with Crippen molar-refractivity contribution in [1.29, 1.82) is 0 Å². The lowest BCUT2D eigenvalue weighted by Crippen LogP contribution is -2.40. The zero-order valence-corrected chi connectivity index (χ0v) is 12.4. The third-order valence-corrected chi connectivity index (χ3v) is 5.82. The van der Waals surface area contributed by atoms with Gasteiger partial charge in [0.1, 0.15) is 0 Å². The molecule has 19 heavy (non-hydrogen) atoms. The van der Waals surface area contributed by atoms with Crippen LogP contribution in [0.2, 0.25) is 5.02 Å². The third-order valence-electron chi connectivity index (χ3n) is 3.45. The zero-order valence-electron chi connectivity index (χ0n) is 10.8. The summed E-state index contributed by atoms with van der Waals surface area (Å²) >= 11 is 5.92. The van der Waals surface area contributed by atoms with Gasteiger partial charge >= 0.3 is 0 Å². The van der Waals surface area contributed by atoms with Crippen LogP contribution in [0, 0.1) is 5.92 Å². The van der Waals surface area contributed by atoms with Gasteiger partial charge < -0.3 is 5.11 Å². The fourth-order valence-corrected chi connectivity index (χ4v) is 4.64. The zero-order chi connectivity index (χ0) is 14.0. The predicted molar refractivity (Wildman–Crippen MR) is 71.4 cm³/mol. The Bertz CT molecular complexity index is 522. The van der Waals surface area contributed by atoms with Gasteiger partial charge in [-0.1, -0.05) is 11.6 Å². The van der Waals surface area contributed by atoms with E-state index in [1.807, 2.05) is 0 Å². The van der Waals surface area contributed by atoms with Gasteiger partial charge in [0.15, 0.2) is 5.03 Å². The highest BCUT2D eigenvalue weighted by molar-refractivity contribution is 7.89. The molecule has 1 aliphatic heterocycles. The monoisotopic (exact) mass is 307 g/mol. The van der Waals surface area contributed by atoms with E-state index >= 15 is 0 Å². The minimum atomic E-state index is -3.61. The number of piperidine rings is 1. The molecule has 2 heterocycles. The Hall–Kier alpha value is -0.630. The standard InChI is InChI=1S/C11H18ClN3O3S/c1-14-11(10(12)7-13-14)19(17,18)15-5-2-3-9(8-15)4-6-16/h7,9,16H,2-6,8H2,1H3. The van der Waals surface area contributed by atoms with Gasteiger partial charge in [-0.2, -0.15) is 9.40 Å². The van der Waals surface area contributed by atoms with Gasteiger partial charge in [0.25, 0.3) is 10.0 Å². The number of rotatable bonds is 4. The Balaban J connectivity index is 2.25.